The van der Waals surface area contributed by atoms with Crippen molar-refractivity contribution in [3.63, 3.8) is 0 Å². The van der Waals surface area contributed by atoms with Gasteiger partial charge in [0.25, 0.3) is 0 Å². The largest absolute Gasteiger partial charge is 0.493 e. The first-order valence-corrected chi connectivity index (χ1v) is 8.27. The second-order valence-corrected chi connectivity index (χ2v) is 6.00. The second-order valence-electron chi connectivity index (χ2n) is 6.00. The first-order valence-electron chi connectivity index (χ1n) is 8.27. The van der Waals surface area contributed by atoms with Gasteiger partial charge in [0, 0.05) is 19.5 Å². The summed E-state index contributed by atoms with van der Waals surface area (Å²) in [7, 11) is 0. The molecule has 1 atom stereocenters. The van der Waals surface area contributed by atoms with Gasteiger partial charge >= 0.3 is 11.8 Å². The molecule has 1 unspecified atom stereocenters. The third-order valence-electron chi connectivity index (χ3n) is 4.13. The number of halogens is 1. The van der Waals surface area contributed by atoms with Crippen molar-refractivity contribution >= 4 is 11.8 Å². The minimum atomic E-state index is -0.922. The lowest BCUT2D eigenvalue weighted by atomic mass is 10.0. The predicted octanol–water partition coefficient (Wildman–Crippen LogP) is 1.23. The number of nitrogens with one attached hydrogen (secondary N) is 2. The fourth-order valence-corrected chi connectivity index (χ4v) is 2.67. The highest BCUT2D eigenvalue weighted by molar-refractivity contribution is 6.35. The van der Waals surface area contributed by atoms with E-state index in [1.165, 1.54) is 24.3 Å². The Balaban J connectivity index is 1.46. The molecule has 1 heterocycles. The third kappa shape index (κ3) is 4.37. The van der Waals surface area contributed by atoms with Crippen molar-refractivity contribution < 1.29 is 23.8 Å². The van der Waals surface area contributed by atoms with Gasteiger partial charge in [-0.1, -0.05) is 18.2 Å². The van der Waals surface area contributed by atoms with Crippen molar-refractivity contribution in [1.29, 1.82) is 0 Å². The Bertz CT molecular complexity index is 808. The molecule has 136 valence electrons. The lowest BCUT2D eigenvalue weighted by Gasteiger charge is -2.13. The fraction of sp³-hybridized carbons (Fsp3) is 0.263. The number of ether oxygens (including phenoxy) is 1. The Labute approximate surface area is 150 Å². The Kier molecular flexibility index (Phi) is 5.48. The van der Waals surface area contributed by atoms with Crippen LogP contribution in [0.3, 0.4) is 0 Å². The standard InChI is InChI=1S/C19H19FN2O4/c20-15-4-1-12(2-5-15)10-21-18(24)19(25)22-11-16(23)13-3-6-17-14(9-13)7-8-26-17/h1-6,9,16,23H,7-8,10-11H2,(H,21,24)(H,22,25). The highest BCUT2D eigenvalue weighted by Crippen LogP contribution is 2.27. The van der Waals surface area contributed by atoms with Gasteiger partial charge in [-0.15, -0.1) is 0 Å². The molecule has 0 saturated carbocycles. The van der Waals surface area contributed by atoms with Crippen molar-refractivity contribution in [3.8, 4) is 5.75 Å². The van der Waals surface area contributed by atoms with Crippen molar-refractivity contribution in [3.05, 3.63) is 65.0 Å². The zero-order valence-corrected chi connectivity index (χ0v) is 14.0. The molecule has 26 heavy (non-hydrogen) atoms. The molecular weight excluding hydrogens is 339 g/mol. The molecule has 0 fully saturated rings. The van der Waals surface area contributed by atoms with Gasteiger partial charge < -0.3 is 20.5 Å². The molecule has 0 radical (unpaired) electrons. The average molecular weight is 358 g/mol. The number of benzene rings is 2. The number of amides is 2. The van der Waals surface area contributed by atoms with Crippen molar-refractivity contribution in [2.24, 2.45) is 0 Å². The lowest BCUT2D eigenvalue weighted by molar-refractivity contribution is -0.139. The van der Waals surface area contributed by atoms with E-state index >= 15 is 0 Å². The number of hydrogen-bond acceptors (Lipinski definition) is 4. The van der Waals surface area contributed by atoms with Crippen LogP contribution < -0.4 is 15.4 Å². The number of fused-ring (bicyclic) bond motifs is 1. The van der Waals surface area contributed by atoms with Gasteiger partial charge in [-0.2, -0.15) is 0 Å². The molecule has 7 heteroatoms. The SMILES string of the molecule is O=C(NCc1ccc(F)cc1)C(=O)NCC(O)c1ccc2c(c1)CCO2. The number of carbonyl (C=O) groups excluding carboxylic acids is 2. The van der Waals surface area contributed by atoms with Gasteiger partial charge in [-0.3, -0.25) is 9.59 Å². The van der Waals surface area contributed by atoms with Crippen molar-refractivity contribution in [2.45, 2.75) is 19.1 Å². The molecular formula is C19H19FN2O4. The molecule has 0 bridgehead atoms. The van der Waals surface area contributed by atoms with Crippen LogP contribution in [0.2, 0.25) is 0 Å². The molecule has 2 aromatic carbocycles. The fourth-order valence-electron chi connectivity index (χ4n) is 2.67. The summed E-state index contributed by atoms with van der Waals surface area (Å²) in [6.45, 7) is 0.655. The van der Waals surface area contributed by atoms with Gasteiger partial charge in [0.15, 0.2) is 0 Å². The molecule has 1 aliphatic rings. The first kappa shape index (κ1) is 17.9. The Morgan fingerprint density at radius 1 is 1.12 bits per heavy atom. The smallest absolute Gasteiger partial charge is 0.309 e. The van der Waals surface area contributed by atoms with E-state index in [9.17, 15) is 19.1 Å². The number of carbonyl (C=O) groups is 2. The van der Waals surface area contributed by atoms with Crippen LogP contribution >= 0.6 is 0 Å². The van der Waals surface area contributed by atoms with Gasteiger partial charge in [0.2, 0.25) is 0 Å². The maximum absolute atomic E-state index is 12.8. The number of rotatable bonds is 5. The van der Waals surface area contributed by atoms with Crippen LogP contribution in [0.15, 0.2) is 42.5 Å². The maximum Gasteiger partial charge on any atom is 0.309 e. The molecule has 0 saturated heterocycles. The summed E-state index contributed by atoms with van der Waals surface area (Å²) in [5, 5.41) is 15.0. The molecule has 3 N–H and O–H groups in total. The van der Waals surface area contributed by atoms with Gasteiger partial charge in [0.1, 0.15) is 11.6 Å². The van der Waals surface area contributed by atoms with Crippen LogP contribution in [0.1, 0.15) is 22.8 Å². The van der Waals surface area contributed by atoms with E-state index in [4.69, 9.17) is 4.74 Å². The number of aliphatic hydroxyl groups is 1. The average Bonchev–Trinajstić information content (AvgIpc) is 3.12. The van der Waals surface area contributed by atoms with Crippen LogP contribution in [0.25, 0.3) is 0 Å². The van der Waals surface area contributed by atoms with Crippen LogP contribution in [-0.2, 0) is 22.6 Å². The molecule has 3 rings (SSSR count). The molecule has 0 spiro atoms. The van der Waals surface area contributed by atoms with E-state index in [-0.39, 0.29) is 18.9 Å². The molecule has 2 amide bonds. The predicted molar refractivity (Wildman–Crippen MR) is 91.9 cm³/mol. The lowest BCUT2D eigenvalue weighted by Crippen LogP contribution is -2.41. The first-order chi connectivity index (χ1) is 12.5. The monoisotopic (exact) mass is 358 g/mol. The zero-order chi connectivity index (χ0) is 18.5. The van der Waals surface area contributed by atoms with Crippen molar-refractivity contribution in [1.82, 2.24) is 10.6 Å². The Morgan fingerprint density at radius 3 is 2.62 bits per heavy atom. The van der Waals surface area contributed by atoms with Gasteiger partial charge in [-0.25, -0.2) is 4.39 Å². The molecule has 0 aromatic heterocycles. The van der Waals surface area contributed by atoms with E-state index in [1.54, 1.807) is 12.1 Å². The number of aliphatic hydroxyl groups excluding tert-OH is 1. The molecule has 1 aliphatic heterocycles. The molecule has 2 aromatic rings. The summed E-state index contributed by atoms with van der Waals surface area (Å²) < 4.78 is 18.2. The van der Waals surface area contributed by atoms with E-state index in [0.717, 1.165) is 17.7 Å². The summed E-state index contributed by atoms with van der Waals surface area (Å²) in [6, 6.07) is 11.0. The zero-order valence-electron chi connectivity index (χ0n) is 14.0. The third-order valence-corrected chi connectivity index (χ3v) is 4.13. The Morgan fingerprint density at radius 2 is 1.85 bits per heavy atom. The Hall–Kier alpha value is -2.93. The van der Waals surface area contributed by atoms with Crippen LogP contribution in [0.5, 0.6) is 5.75 Å². The van der Waals surface area contributed by atoms with E-state index in [0.29, 0.717) is 17.7 Å². The molecule has 0 aliphatic carbocycles. The topological polar surface area (TPSA) is 87.7 Å². The minimum Gasteiger partial charge on any atom is -0.493 e. The van der Waals surface area contributed by atoms with E-state index < -0.39 is 17.9 Å². The highest BCUT2D eigenvalue weighted by atomic mass is 19.1. The summed E-state index contributed by atoms with van der Waals surface area (Å²) in [5.41, 5.74) is 2.35. The summed E-state index contributed by atoms with van der Waals surface area (Å²) in [6.07, 6.45) is -0.136. The van der Waals surface area contributed by atoms with Crippen LogP contribution in [0, 0.1) is 5.82 Å². The van der Waals surface area contributed by atoms with E-state index in [1.807, 2.05) is 6.07 Å². The number of hydrogen-bond donors (Lipinski definition) is 3. The van der Waals surface area contributed by atoms with Gasteiger partial charge in [-0.05, 0) is 41.0 Å². The normalized spacial score (nSPS) is 13.5. The highest BCUT2D eigenvalue weighted by Gasteiger charge is 2.18. The van der Waals surface area contributed by atoms with Crippen molar-refractivity contribution in [2.75, 3.05) is 13.2 Å². The van der Waals surface area contributed by atoms with Crippen LogP contribution in [0.4, 0.5) is 4.39 Å². The second kappa shape index (κ2) is 7.97. The summed E-state index contributed by atoms with van der Waals surface area (Å²) >= 11 is 0. The summed E-state index contributed by atoms with van der Waals surface area (Å²) in [5.74, 6) is -1.21. The molecule has 6 nitrogen and oxygen atoms in total. The van der Waals surface area contributed by atoms with E-state index in [2.05, 4.69) is 10.6 Å². The van der Waals surface area contributed by atoms with Crippen LogP contribution in [-0.4, -0.2) is 30.1 Å². The summed E-state index contributed by atoms with van der Waals surface area (Å²) in [4.78, 5) is 23.6. The van der Waals surface area contributed by atoms with Gasteiger partial charge in [0.05, 0.1) is 12.7 Å². The minimum absolute atomic E-state index is 0.0809. The maximum atomic E-state index is 12.8. The quantitative estimate of drug-likeness (QED) is 0.702.